The van der Waals surface area contributed by atoms with Crippen LogP contribution in [0.1, 0.15) is 55.0 Å². The molecule has 4 rings (SSSR count). The second-order valence-corrected chi connectivity index (χ2v) is 9.03. The summed E-state index contributed by atoms with van der Waals surface area (Å²) < 4.78 is 41.9. The molecule has 0 bridgehead atoms. The third-order valence-corrected chi connectivity index (χ3v) is 6.49. The Hall–Kier alpha value is -2.55. The van der Waals surface area contributed by atoms with Crippen LogP contribution < -0.4 is 10.6 Å². The van der Waals surface area contributed by atoms with Gasteiger partial charge in [0.1, 0.15) is 5.82 Å². The van der Waals surface area contributed by atoms with E-state index >= 15 is 0 Å². The van der Waals surface area contributed by atoms with E-state index in [1.807, 2.05) is 43.9 Å². The first-order valence-electron chi connectivity index (χ1n) is 11.2. The van der Waals surface area contributed by atoms with Crippen molar-refractivity contribution < 1.29 is 18.0 Å². The minimum absolute atomic E-state index is 0.0104. The van der Waals surface area contributed by atoms with E-state index in [4.69, 9.17) is 0 Å². The van der Waals surface area contributed by atoms with Crippen LogP contribution in [0.25, 0.3) is 0 Å². The number of rotatable bonds is 5. The van der Waals surface area contributed by atoms with Crippen molar-refractivity contribution in [1.82, 2.24) is 14.7 Å². The second-order valence-electron chi connectivity index (χ2n) is 9.03. The Morgan fingerprint density at radius 3 is 2.75 bits per heavy atom. The van der Waals surface area contributed by atoms with E-state index < -0.39 is 12.2 Å². The summed E-state index contributed by atoms with van der Waals surface area (Å²) in [6.45, 7) is 7.41. The molecule has 2 aromatic rings. The molecule has 3 atom stereocenters. The molecule has 1 aromatic carbocycles. The number of halogens is 3. The van der Waals surface area contributed by atoms with Crippen molar-refractivity contribution in [3.63, 3.8) is 0 Å². The van der Waals surface area contributed by atoms with E-state index in [0.29, 0.717) is 31.0 Å². The Kier molecular flexibility index (Phi) is 6.20. The molecular weight excluding hydrogens is 419 g/mol. The van der Waals surface area contributed by atoms with Crippen LogP contribution in [0.3, 0.4) is 0 Å². The van der Waals surface area contributed by atoms with Crippen molar-refractivity contribution in [2.75, 3.05) is 30.3 Å². The number of likely N-dealkylation sites (tertiary alicyclic amines) is 1. The molecule has 0 aliphatic carbocycles. The second kappa shape index (κ2) is 8.77. The third kappa shape index (κ3) is 4.77. The molecule has 1 aromatic heterocycles. The number of hydrogen-bond donors (Lipinski definition) is 2. The molecule has 2 aliphatic rings. The van der Waals surface area contributed by atoms with Crippen LogP contribution >= 0.6 is 0 Å². The largest absolute Gasteiger partial charge is 0.410 e. The average Bonchev–Trinajstić information content (AvgIpc) is 3.35. The number of nitrogens with zero attached hydrogens (tertiary/aromatic N) is 3. The van der Waals surface area contributed by atoms with E-state index in [1.165, 1.54) is 0 Å². The van der Waals surface area contributed by atoms with E-state index in [9.17, 15) is 18.0 Å². The number of alkyl halides is 3. The van der Waals surface area contributed by atoms with Crippen LogP contribution in [0.15, 0.2) is 24.3 Å². The van der Waals surface area contributed by atoms with Crippen LogP contribution in [0.5, 0.6) is 0 Å². The molecule has 0 unspecified atom stereocenters. The number of amides is 1. The number of aryl methyl sites for hydroxylation is 2. The minimum atomic E-state index is -4.33. The highest BCUT2D eigenvalue weighted by Crippen LogP contribution is 2.41. The molecule has 3 heterocycles. The smallest absolute Gasteiger partial charge is 0.367 e. The van der Waals surface area contributed by atoms with Gasteiger partial charge in [-0.3, -0.25) is 9.69 Å². The van der Waals surface area contributed by atoms with Crippen LogP contribution in [0.4, 0.5) is 24.7 Å². The first-order chi connectivity index (χ1) is 15.1. The summed E-state index contributed by atoms with van der Waals surface area (Å²) in [6, 6.07) is 5.82. The van der Waals surface area contributed by atoms with Crippen molar-refractivity contribution in [1.29, 1.82) is 0 Å². The standard InChI is InChI=1S/C23H30F3N5O/c1-4-17-10-20(23(24,25)26)31-21(27-17)11-19(29-31)16-7-8-30(12-16)13-22(32)28-18-6-5-14(2)9-15(18)3/h5-6,9,11,16-17,20,27H,4,7-8,10,12-13H2,1-3H3,(H,28,32)/t16-,17-,20-/m1/s1. The molecule has 32 heavy (non-hydrogen) atoms. The first-order valence-corrected chi connectivity index (χ1v) is 11.2. The zero-order chi connectivity index (χ0) is 23.0. The van der Waals surface area contributed by atoms with Gasteiger partial charge in [-0.05, 0) is 51.3 Å². The number of hydrogen-bond acceptors (Lipinski definition) is 4. The number of carbonyl (C=O) groups excluding carboxylic acids is 1. The Balaban J connectivity index is 1.40. The lowest BCUT2D eigenvalue weighted by molar-refractivity contribution is -0.173. The van der Waals surface area contributed by atoms with Crippen LogP contribution in [0.2, 0.25) is 0 Å². The van der Waals surface area contributed by atoms with E-state index in [2.05, 4.69) is 15.7 Å². The van der Waals surface area contributed by atoms with Gasteiger partial charge < -0.3 is 10.6 Å². The quantitative estimate of drug-likeness (QED) is 0.699. The fourth-order valence-corrected chi connectivity index (χ4v) is 4.70. The molecule has 174 valence electrons. The van der Waals surface area contributed by atoms with Gasteiger partial charge in [0.2, 0.25) is 5.91 Å². The number of anilines is 2. The maximum atomic E-state index is 13.6. The van der Waals surface area contributed by atoms with Gasteiger partial charge in [-0.2, -0.15) is 18.3 Å². The van der Waals surface area contributed by atoms with E-state index in [1.54, 1.807) is 6.07 Å². The molecule has 2 N–H and O–H groups in total. The zero-order valence-electron chi connectivity index (χ0n) is 18.7. The normalized spacial score (nSPS) is 23.6. The number of aromatic nitrogens is 2. The molecular formula is C23H30F3N5O. The molecule has 9 heteroatoms. The highest BCUT2D eigenvalue weighted by molar-refractivity contribution is 5.93. The Labute approximate surface area is 186 Å². The third-order valence-electron chi connectivity index (χ3n) is 6.49. The number of carbonyl (C=O) groups is 1. The monoisotopic (exact) mass is 449 g/mol. The molecule has 2 aliphatic heterocycles. The van der Waals surface area contributed by atoms with Crippen molar-refractivity contribution in [3.05, 3.63) is 41.1 Å². The molecule has 1 amide bonds. The zero-order valence-corrected chi connectivity index (χ0v) is 18.7. The van der Waals surface area contributed by atoms with Crippen LogP contribution in [-0.4, -0.2) is 52.4 Å². The van der Waals surface area contributed by atoms with Gasteiger partial charge in [-0.1, -0.05) is 24.6 Å². The summed E-state index contributed by atoms with van der Waals surface area (Å²) in [5, 5.41) is 10.5. The van der Waals surface area contributed by atoms with Crippen molar-refractivity contribution >= 4 is 17.4 Å². The van der Waals surface area contributed by atoms with Gasteiger partial charge in [-0.15, -0.1) is 0 Å². The lowest BCUT2D eigenvalue weighted by Gasteiger charge is -2.32. The van der Waals surface area contributed by atoms with Gasteiger partial charge in [0.05, 0.1) is 12.2 Å². The fourth-order valence-electron chi connectivity index (χ4n) is 4.70. The van der Waals surface area contributed by atoms with Gasteiger partial charge in [0.25, 0.3) is 0 Å². The summed E-state index contributed by atoms with van der Waals surface area (Å²) in [7, 11) is 0. The molecule has 6 nitrogen and oxygen atoms in total. The van der Waals surface area contributed by atoms with Crippen molar-refractivity contribution in [2.24, 2.45) is 0 Å². The number of fused-ring (bicyclic) bond motifs is 1. The topological polar surface area (TPSA) is 62.2 Å². The summed E-state index contributed by atoms with van der Waals surface area (Å²) in [5.74, 6) is 0.357. The molecule has 1 saturated heterocycles. The number of benzene rings is 1. The maximum Gasteiger partial charge on any atom is 0.410 e. The van der Waals surface area contributed by atoms with Gasteiger partial charge >= 0.3 is 6.18 Å². The van der Waals surface area contributed by atoms with Crippen LogP contribution in [-0.2, 0) is 4.79 Å². The molecule has 0 saturated carbocycles. The first kappa shape index (κ1) is 22.6. The van der Waals surface area contributed by atoms with Crippen molar-refractivity contribution in [3.8, 4) is 0 Å². The lowest BCUT2D eigenvalue weighted by atomic mass is 10.0. The van der Waals surface area contributed by atoms with Gasteiger partial charge in [-0.25, -0.2) is 4.68 Å². The number of nitrogens with one attached hydrogen (secondary N) is 2. The summed E-state index contributed by atoms with van der Waals surface area (Å²) >= 11 is 0. The maximum absolute atomic E-state index is 13.6. The summed E-state index contributed by atoms with van der Waals surface area (Å²) in [4.78, 5) is 14.6. The molecule has 1 fully saturated rings. The SMILES string of the molecule is CC[C@@H]1C[C@H](C(F)(F)F)n2nc([C@@H]3CCN(CC(=O)Nc4ccc(C)cc4C)C3)cc2N1. The summed E-state index contributed by atoms with van der Waals surface area (Å²) in [6.07, 6.45) is -2.95. The minimum Gasteiger partial charge on any atom is -0.367 e. The van der Waals surface area contributed by atoms with Crippen molar-refractivity contribution in [2.45, 2.75) is 64.2 Å². The average molecular weight is 450 g/mol. The highest BCUT2D eigenvalue weighted by atomic mass is 19.4. The predicted octanol–water partition coefficient (Wildman–Crippen LogP) is 4.63. The molecule has 0 spiro atoms. The Morgan fingerprint density at radius 2 is 2.06 bits per heavy atom. The van der Waals surface area contributed by atoms with E-state index in [0.717, 1.165) is 27.9 Å². The van der Waals surface area contributed by atoms with Gasteiger partial charge in [0.15, 0.2) is 6.04 Å². The summed E-state index contributed by atoms with van der Waals surface area (Å²) in [5.41, 5.74) is 3.61. The van der Waals surface area contributed by atoms with Gasteiger partial charge in [0, 0.05) is 30.3 Å². The highest BCUT2D eigenvalue weighted by Gasteiger charge is 2.46. The molecule has 0 radical (unpaired) electrons. The fraction of sp³-hybridized carbons (Fsp3) is 0.565. The Bertz CT molecular complexity index is 986. The van der Waals surface area contributed by atoms with E-state index in [-0.39, 0.29) is 30.8 Å². The lowest BCUT2D eigenvalue weighted by Crippen LogP contribution is -2.38. The predicted molar refractivity (Wildman–Crippen MR) is 118 cm³/mol. The Morgan fingerprint density at radius 1 is 1.28 bits per heavy atom. The van der Waals surface area contributed by atoms with Crippen LogP contribution in [0, 0.1) is 13.8 Å².